The molecule has 6 heteroatoms. The first-order valence-corrected chi connectivity index (χ1v) is 6.60. The van der Waals surface area contributed by atoms with E-state index in [1.54, 1.807) is 13.0 Å². The van der Waals surface area contributed by atoms with Crippen molar-refractivity contribution < 1.29 is 9.13 Å². The number of aromatic nitrogens is 2. The maximum absolute atomic E-state index is 13.2. The molecule has 1 aliphatic heterocycles. The Labute approximate surface area is 119 Å². The zero-order chi connectivity index (χ0) is 14.3. The largest absolute Gasteiger partial charge is 0.488 e. The van der Waals surface area contributed by atoms with Gasteiger partial charge >= 0.3 is 0 Å². The molecule has 1 unspecified atom stereocenters. The van der Waals surface area contributed by atoms with E-state index in [2.05, 4.69) is 4.98 Å². The molecule has 0 saturated carbocycles. The summed E-state index contributed by atoms with van der Waals surface area (Å²) in [5, 5.41) is 0.182. The van der Waals surface area contributed by atoms with Gasteiger partial charge in [0.2, 0.25) is 0 Å². The fraction of sp³-hybridized carbons (Fsp3) is 0.286. The highest BCUT2D eigenvalue weighted by atomic mass is 35.5. The molecule has 4 nitrogen and oxygen atoms in total. The lowest BCUT2D eigenvalue weighted by Gasteiger charge is -2.14. The molecule has 1 aromatic heterocycles. The van der Waals surface area contributed by atoms with Crippen LogP contribution in [0.15, 0.2) is 29.1 Å². The molecule has 104 valence electrons. The van der Waals surface area contributed by atoms with Crippen molar-refractivity contribution in [3.8, 4) is 5.75 Å². The second-order valence-corrected chi connectivity index (χ2v) is 5.16. The zero-order valence-corrected chi connectivity index (χ0v) is 11.5. The minimum atomic E-state index is -0.283. The third kappa shape index (κ3) is 2.41. The number of hydrogen-bond acceptors (Lipinski definition) is 3. The van der Waals surface area contributed by atoms with Crippen molar-refractivity contribution in [1.82, 2.24) is 9.55 Å². The summed E-state index contributed by atoms with van der Waals surface area (Å²) in [6, 6.07) is 5.71. The summed E-state index contributed by atoms with van der Waals surface area (Å²) >= 11 is 5.73. The van der Waals surface area contributed by atoms with Crippen molar-refractivity contribution >= 4 is 11.6 Å². The first kappa shape index (κ1) is 13.1. The third-order valence-corrected chi connectivity index (χ3v) is 3.51. The molecule has 0 radical (unpaired) electrons. The minimum Gasteiger partial charge on any atom is -0.488 e. The molecule has 0 aliphatic carbocycles. The van der Waals surface area contributed by atoms with E-state index in [0.717, 1.165) is 5.56 Å². The third-order valence-electron chi connectivity index (χ3n) is 3.32. The lowest BCUT2D eigenvalue weighted by molar-refractivity contribution is 0.205. The maximum Gasteiger partial charge on any atom is 0.255 e. The predicted molar refractivity (Wildman–Crippen MR) is 72.8 cm³/mol. The van der Waals surface area contributed by atoms with Crippen LogP contribution in [0.2, 0.25) is 5.15 Å². The standard InChI is InChI=1S/C14H12ClFN2O2/c1-8-17-13(15)6-14(19)18(8)7-11-5-9-4-10(16)2-3-12(9)20-11/h2-4,6,11H,5,7H2,1H3. The number of halogens is 2. The molecule has 0 fully saturated rings. The van der Waals surface area contributed by atoms with Gasteiger partial charge in [-0.15, -0.1) is 0 Å². The monoisotopic (exact) mass is 294 g/mol. The molecule has 0 amide bonds. The van der Waals surface area contributed by atoms with E-state index in [4.69, 9.17) is 16.3 Å². The van der Waals surface area contributed by atoms with E-state index < -0.39 is 0 Å². The van der Waals surface area contributed by atoms with Crippen LogP contribution < -0.4 is 10.3 Å². The number of aryl methyl sites for hydroxylation is 1. The molecule has 0 bridgehead atoms. The molecular weight excluding hydrogens is 283 g/mol. The molecule has 20 heavy (non-hydrogen) atoms. The van der Waals surface area contributed by atoms with Crippen LogP contribution in [0.1, 0.15) is 11.4 Å². The van der Waals surface area contributed by atoms with Crippen LogP contribution >= 0.6 is 11.6 Å². The second kappa shape index (κ2) is 4.90. The molecule has 0 N–H and O–H groups in total. The number of rotatable bonds is 2. The van der Waals surface area contributed by atoms with Gasteiger partial charge in [-0.25, -0.2) is 9.37 Å². The van der Waals surface area contributed by atoms with Crippen molar-refractivity contribution in [2.24, 2.45) is 0 Å². The lowest BCUT2D eigenvalue weighted by atomic mass is 10.1. The normalized spacial score (nSPS) is 16.9. The highest BCUT2D eigenvalue weighted by Gasteiger charge is 2.24. The summed E-state index contributed by atoms with van der Waals surface area (Å²) in [6.07, 6.45) is 0.368. The molecule has 2 heterocycles. The molecular formula is C14H12ClFN2O2. The Morgan fingerprint density at radius 2 is 2.30 bits per heavy atom. The lowest BCUT2D eigenvalue weighted by Crippen LogP contribution is -2.30. The van der Waals surface area contributed by atoms with Crippen molar-refractivity contribution in [2.45, 2.75) is 26.0 Å². The Morgan fingerprint density at radius 1 is 1.50 bits per heavy atom. The van der Waals surface area contributed by atoms with Gasteiger partial charge < -0.3 is 4.74 Å². The Balaban J connectivity index is 1.83. The molecule has 1 aromatic carbocycles. The smallest absolute Gasteiger partial charge is 0.255 e. The second-order valence-electron chi connectivity index (χ2n) is 4.77. The summed E-state index contributed by atoms with van der Waals surface area (Å²) in [6.45, 7) is 2.08. The van der Waals surface area contributed by atoms with Gasteiger partial charge in [-0.05, 0) is 25.1 Å². The van der Waals surface area contributed by atoms with Gasteiger partial charge in [0.1, 0.15) is 28.6 Å². The number of hydrogen-bond donors (Lipinski definition) is 0. The first-order valence-electron chi connectivity index (χ1n) is 6.22. The predicted octanol–water partition coefficient (Wildman–Crippen LogP) is 2.35. The Bertz CT molecular complexity index is 730. The Hall–Kier alpha value is -1.88. The van der Waals surface area contributed by atoms with Crippen LogP contribution in [0, 0.1) is 12.7 Å². The average molecular weight is 295 g/mol. The van der Waals surface area contributed by atoms with Gasteiger partial charge in [0.05, 0.1) is 6.54 Å². The van der Waals surface area contributed by atoms with E-state index >= 15 is 0 Å². The van der Waals surface area contributed by atoms with Gasteiger partial charge in [0, 0.05) is 18.1 Å². The topological polar surface area (TPSA) is 44.1 Å². The van der Waals surface area contributed by atoms with E-state index in [1.807, 2.05) is 0 Å². The van der Waals surface area contributed by atoms with Crippen LogP contribution in [-0.4, -0.2) is 15.7 Å². The average Bonchev–Trinajstić information content (AvgIpc) is 2.75. The number of benzene rings is 1. The van der Waals surface area contributed by atoms with Gasteiger partial charge in [-0.2, -0.15) is 0 Å². The van der Waals surface area contributed by atoms with Gasteiger partial charge in [0.15, 0.2) is 0 Å². The fourth-order valence-corrected chi connectivity index (χ4v) is 2.62. The highest BCUT2D eigenvalue weighted by molar-refractivity contribution is 6.29. The van der Waals surface area contributed by atoms with E-state index in [9.17, 15) is 9.18 Å². The summed E-state index contributed by atoms with van der Waals surface area (Å²) in [7, 11) is 0. The molecule has 2 aromatic rings. The van der Waals surface area contributed by atoms with Crippen LogP contribution in [0.4, 0.5) is 4.39 Å². The molecule has 0 spiro atoms. The Kier molecular flexibility index (Phi) is 3.22. The number of fused-ring (bicyclic) bond motifs is 1. The maximum atomic E-state index is 13.2. The van der Waals surface area contributed by atoms with Gasteiger partial charge in [-0.3, -0.25) is 9.36 Å². The van der Waals surface area contributed by atoms with Crippen LogP contribution in [0.5, 0.6) is 5.75 Å². The van der Waals surface area contributed by atoms with Crippen molar-refractivity contribution in [3.05, 3.63) is 57.0 Å². The van der Waals surface area contributed by atoms with Crippen molar-refractivity contribution in [1.29, 1.82) is 0 Å². The van der Waals surface area contributed by atoms with Crippen LogP contribution in [-0.2, 0) is 13.0 Å². The Morgan fingerprint density at radius 3 is 3.05 bits per heavy atom. The van der Waals surface area contributed by atoms with Gasteiger partial charge in [0.25, 0.3) is 5.56 Å². The van der Waals surface area contributed by atoms with Gasteiger partial charge in [-0.1, -0.05) is 11.6 Å². The van der Waals surface area contributed by atoms with E-state index in [-0.39, 0.29) is 22.6 Å². The van der Waals surface area contributed by atoms with E-state index in [0.29, 0.717) is 24.5 Å². The quantitative estimate of drug-likeness (QED) is 0.799. The molecule has 3 rings (SSSR count). The fourth-order valence-electron chi connectivity index (χ4n) is 2.40. The minimum absolute atomic E-state index is 0.182. The molecule has 0 saturated heterocycles. The highest BCUT2D eigenvalue weighted by Crippen LogP contribution is 2.29. The summed E-state index contributed by atoms with van der Waals surface area (Å²) in [5.41, 5.74) is 0.607. The number of ether oxygens (including phenoxy) is 1. The van der Waals surface area contributed by atoms with Crippen LogP contribution in [0.3, 0.4) is 0 Å². The summed E-state index contributed by atoms with van der Waals surface area (Å²) in [4.78, 5) is 16.0. The van der Waals surface area contributed by atoms with Crippen molar-refractivity contribution in [3.63, 3.8) is 0 Å². The first-order chi connectivity index (χ1) is 9.52. The molecule has 1 aliphatic rings. The summed E-state index contributed by atoms with van der Waals surface area (Å²) < 4.78 is 20.4. The summed E-state index contributed by atoms with van der Waals surface area (Å²) in [5.74, 6) is 0.923. The molecule has 1 atom stereocenters. The number of nitrogens with zero attached hydrogens (tertiary/aromatic N) is 2. The SMILES string of the molecule is Cc1nc(Cl)cc(=O)n1CC1Cc2cc(F)ccc2O1. The van der Waals surface area contributed by atoms with Crippen LogP contribution in [0.25, 0.3) is 0 Å². The van der Waals surface area contributed by atoms with E-state index in [1.165, 1.54) is 22.8 Å². The van der Waals surface area contributed by atoms with Crippen molar-refractivity contribution in [2.75, 3.05) is 0 Å². The zero-order valence-electron chi connectivity index (χ0n) is 10.8.